The highest BCUT2D eigenvalue weighted by Crippen LogP contribution is 2.29. The number of hydrogen-bond donors (Lipinski definition) is 1. The summed E-state index contributed by atoms with van der Waals surface area (Å²) in [7, 11) is 0. The van der Waals surface area contributed by atoms with E-state index in [2.05, 4.69) is 5.32 Å². The van der Waals surface area contributed by atoms with Crippen LogP contribution < -0.4 is 10.1 Å². The van der Waals surface area contributed by atoms with Crippen molar-refractivity contribution in [2.45, 2.75) is 31.5 Å². The largest absolute Gasteiger partial charge is 0.491 e. The molecule has 0 aromatic heterocycles. The van der Waals surface area contributed by atoms with E-state index in [1.54, 1.807) is 24.3 Å². The molecule has 0 saturated carbocycles. The summed E-state index contributed by atoms with van der Waals surface area (Å²) < 4.78 is 49.5. The third-order valence-electron chi connectivity index (χ3n) is 4.20. The van der Waals surface area contributed by atoms with Crippen LogP contribution in [-0.2, 0) is 22.1 Å². The molecule has 2 aromatic carbocycles. The van der Waals surface area contributed by atoms with Crippen molar-refractivity contribution >= 4 is 11.6 Å². The van der Waals surface area contributed by atoms with Crippen LogP contribution >= 0.6 is 0 Å². The van der Waals surface area contributed by atoms with E-state index in [0.29, 0.717) is 23.6 Å². The third-order valence-corrected chi connectivity index (χ3v) is 4.20. The highest BCUT2D eigenvalue weighted by atomic mass is 19.4. The van der Waals surface area contributed by atoms with Crippen molar-refractivity contribution in [1.29, 1.82) is 0 Å². The minimum atomic E-state index is -4.43. The van der Waals surface area contributed by atoms with Crippen LogP contribution in [0.1, 0.15) is 24.0 Å². The van der Waals surface area contributed by atoms with Gasteiger partial charge >= 0.3 is 6.18 Å². The highest BCUT2D eigenvalue weighted by Gasteiger charge is 2.30. The lowest BCUT2D eigenvalue weighted by atomic mass is 10.1. The van der Waals surface area contributed by atoms with Crippen LogP contribution in [0.2, 0.25) is 0 Å². The molecule has 1 saturated heterocycles. The molecule has 27 heavy (non-hydrogen) atoms. The molecule has 0 radical (unpaired) electrons. The van der Waals surface area contributed by atoms with E-state index in [4.69, 9.17) is 9.47 Å². The Morgan fingerprint density at radius 2 is 2.00 bits per heavy atom. The second-order valence-corrected chi connectivity index (χ2v) is 6.40. The molecule has 1 fully saturated rings. The van der Waals surface area contributed by atoms with Crippen molar-refractivity contribution in [2.75, 3.05) is 18.5 Å². The monoisotopic (exact) mass is 379 g/mol. The summed E-state index contributed by atoms with van der Waals surface area (Å²) in [6.45, 7) is 1.20. The number of rotatable bonds is 6. The maximum absolute atomic E-state index is 12.8. The SMILES string of the molecule is O=C(Cc1cccc(C(F)(F)F)c1)Nc1cccc(OCC2CCCO2)c1. The van der Waals surface area contributed by atoms with Gasteiger partial charge in [0.25, 0.3) is 0 Å². The van der Waals surface area contributed by atoms with Crippen molar-refractivity contribution < 1.29 is 27.4 Å². The van der Waals surface area contributed by atoms with Gasteiger partial charge in [-0.15, -0.1) is 0 Å². The maximum atomic E-state index is 12.8. The fourth-order valence-electron chi connectivity index (χ4n) is 2.88. The van der Waals surface area contributed by atoms with Gasteiger partial charge in [0.1, 0.15) is 12.4 Å². The van der Waals surface area contributed by atoms with Crippen molar-refractivity contribution in [2.24, 2.45) is 0 Å². The molecule has 0 spiro atoms. The Morgan fingerprint density at radius 3 is 2.74 bits per heavy atom. The summed E-state index contributed by atoms with van der Waals surface area (Å²) in [5, 5.41) is 2.69. The number of carbonyl (C=O) groups excluding carboxylic acids is 1. The molecule has 144 valence electrons. The predicted molar refractivity (Wildman–Crippen MR) is 94.7 cm³/mol. The van der Waals surface area contributed by atoms with E-state index in [-0.39, 0.29) is 12.5 Å². The third kappa shape index (κ3) is 5.72. The zero-order valence-electron chi connectivity index (χ0n) is 14.6. The first-order valence-electron chi connectivity index (χ1n) is 8.70. The Labute approximate surface area is 155 Å². The van der Waals surface area contributed by atoms with E-state index in [1.807, 2.05) is 0 Å². The number of alkyl halides is 3. The Balaban J connectivity index is 1.57. The van der Waals surface area contributed by atoms with E-state index < -0.39 is 17.6 Å². The van der Waals surface area contributed by atoms with E-state index in [1.165, 1.54) is 12.1 Å². The molecule has 1 aliphatic rings. The number of benzene rings is 2. The van der Waals surface area contributed by atoms with Crippen LogP contribution in [0.25, 0.3) is 0 Å². The van der Waals surface area contributed by atoms with Crippen LogP contribution in [-0.4, -0.2) is 25.2 Å². The van der Waals surface area contributed by atoms with E-state index in [0.717, 1.165) is 31.6 Å². The Bertz CT molecular complexity index is 786. The van der Waals surface area contributed by atoms with Gasteiger partial charge in [-0.1, -0.05) is 24.3 Å². The predicted octanol–water partition coefficient (Wildman–Crippen LogP) is 4.44. The minimum Gasteiger partial charge on any atom is -0.491 e. The zero-order chi connectivity index (χ0) is 19.3. The van der Waals surface area contributed by atoms with Crippen molar-refractivity contribution in [3.8, 4) is 5.75 Å². The Kier molecular flexibility index (Phi) is 6.01. The van der Waals surface area contributed by atoms with E-state index >= 15 is 0 Å². The van der Waals surface area contributed by atoms with Gasteiger partial charge in [0.2, 0.25) is 5.91 Å². The topological polar surface area (TPSA) is 47.6 Å². The number of carbonyl (C=O) groups is 1. The molecular formula is C20H20F3NO3. The maximum Gasteiger partial charge on any atom is 0.416 e. The average Bonchev–Trinajstić information content (AvgIpc) is 3.13. The van der Waals surface area contributed by atoms with Gasteiger partial charge in [-0.2, -0.15) is 13.2 Å². The molecule has 1 atom stereocenters. The zero-order valence-corrected chi connectivity index (χ0v) is 14.6. The summed E-state index contributed by atoms with van der Waals surface area (Å²) in [5.41, 5.74) is 0.0576. The molecule has 1 N–H and O–H groups in total. The van der Waals surface area contributed by atoms with Crippen LogP contribution in [0.15, 0.2) is 48.5 Å². The number of halogens is 3. The summed E-state index contributed by atoms with van der Waals surface area (Å²) in [6, 6.07) is 11.7. The van der Waals surface area contributed by atoms with Gasteiger partial charge in [-0.25, -0.2) is 0 Å². The van der Waals surface area contributed by atoms with Gasteiger partial charge in [-0.3, -0.25) is 4.79 Å². The molecule has 7 heteroatoms. The van der Waals surface area contributed by atoms with Gasteiger partial charge in [0.05, 0.1) is 18.1 Å². The molecule has 1 unspecified atom stereocenters. The first kappa shape index (κ1) is 19.2. The quantitative estimate of drug-likeness (QED) is 0.807. The summed E-state index contributed by atoms with van der Waals surface area (Å²) in [6.07, 6.45) is -2.50. The van der Waals surface area contributed by atoms with Crippen molar-refractivity contribution in [3.63, 3.8) is 0 Å². The Hall–Kier alpha value is -2.54. The van der Waals surface area contributed by atoms with Crippen molar-refractivity contribution in [1.82, 2.24) is 0 Å². The lowest BCUT2D eigenvalue weighted by molar-refractivity contribution is -0.137. The standard InChI is InChI=1S/C20H20F3NO3/c21-20(22,23)15-5-1-4-14(10-15)11-19(25)24-16-6-2-7-17(12-16)27-13-18-8-3-9-26-18/h1-2,4-7,10,12,18H,3,8-9,11,13H2,(H,24,25). The number of nitrogens with one attached hydrogen (secondary N) is 1. The fourth-order valence-corrected chi connectivity index (χ4v) is 2.88. The van der Waals surface area contributed by atoms with Gasteiger partial charge in [-0.05, 0) is 36.6 Å². The van der Waals surface area contributed by atoms with Gasteiger partial charge < -0.3 is 14.8 Å². The normalized spacial score (nSPS) is 16.9. The molecule has 3 rings (SSSR count). The van der Waals surface area contributed by atoms with Crippen LogP contribution in [0, 0.1) is 0 Å². The van der Waals surface area contributed by atoms with E-state index in [9.17, 15) is 18.0 Å². The van der Waals surface area contributed by atoms with Crippen molar-refractivity contribution in [3.05, 3.63) is 59.7 Å². The molecule has 4 nitrogen and oxygen atoms in total. The fraction of sp³-hybridized carbons (Fsp3) is 0.350. The minimum absolute atomic E-state index is 0.0872. The number of anilines is 1. The summed E-state index contributed by atoms with van der Waals surface area (Å²) >= 11 is 0. The second kappa shape index (κ2) is 8.43. The highest BCUT2D eigenvalue weighted by molar-refractivity contribution is 5.92. The number of ether oxygens (including phenoxy) is 2. The number of hydrogen-bond acceptors (Lipinski definition) is 3. The summed E-state index contributed by atoms with van der Waals surface area (Å²) in [5.74, 6) is 0.202. The Morgan fingerprint density at radius 1 is 1.19 bits per heavy atom. The molecule has 0 bridgehead atoms. The first-order valence-corrected chi connectivity index (χ1v) is 8.70. The molecule has 1 heterocycles. The lowest BCUT2D eigenvalue weighted by Crippen LogP contribution is -2.17. The molecule has 2 aromatic rings. The summed E-state index contributed by atoms with van der Waals surface area (Å²) in [4.78, 5) is 12.2. The smallest absolute Gasteiger partial charge is 0.416 e. The molecule has 1 aliphatic heterocycles. The van der Waals surface area contributed by atoms with Crippen LogP contribution in [0.4, 0.5) is 18.9 Å². The lowest BCUT2D eigenvalue weighted by Gasteiger charge is -2.13. The second-order valence-electron chi connectivity index (χ2n) is 6.40. The number of amides is 1. The van der Waals surface area contributed by atoms with Gasteiger partial charge in [0, 0.05) is 18.4 Å². The van der Waals surface area contributed by atoms with Gasteiger partial charge in [0.15, 0.2) is 0 Å². The molecule has 0 aliphatic carbocycles. The first-order chi connectivity index (χ1) is 12.9. The molecule has 1 amide bonds. The molecular weight excluding hydrogens is 359 g/mol. The average molecular weight is 379 g/mol. The van der Waals surface area contributed by atoms with Crippen LogP contribution in [0.5, 0.6) is 5.75 Å². The van der Waals surface area contributed by atoms with Crippen LogP contribution in [0.3, 0.4) is 0 Å².